The van der Waals surface area contributed by atoms with Gasteiger partial charge in [0.1, 0.15) is 0 Å². The zero-order chi connectivity index (χ0) is 7.56. The molecule has 56 valence electrons. The van der Waals surface area contributed by atoms with E-state index in [1.165, 1.54) is 4.88 Å². The molecule has 0 N–H and O–H groups in total. The lowest BCUT2D eigenvalue weighted by atomic mass is 10.3. The first-order chi connectivity index (χ1) is 4.74. The lowest BCUT2D eigenvalue weighted by Crippen LogP contribution is -1.80. The van der Waals surface area contributed by atoms with Gasteiger partial charge in [-0.3, -0.25) is 0 Å². The minimum Gasteiger partial charge on any atom is -0.250 e. The van der Waals surface area contributed by atoms with E-state index in [1.54, 1.807) is 11.3 Å². The van der Waals surface area contributed by atoms with Crippen molar-refractivity contribution in [3.05, 3.63) is 16.1 Å². The minimum absolute atomic E-state index is 0.159. The number of nitrogens with zero attached hydrogens (tertiary/aromatic N) is 1. The molecule has 0 fully saturated rings. The Hall–Kier alpha value is -0.0800. The maximum Gasteiger partial charge on any atom is 0.0897 e. The van der Waals surface area contributed by atoms with Crippen LogP contribution < -0.4 is 0 Å². The summed E-state index contributed by atoms with van der Waals surface area (Å²) in [6, 6.07) is 0. The summed E-state index contributed by atoms with van der Waals surface area (Å²) in [5.74, 6) is 0. The van der Waals surface area contributed by atoms with Crippen LogP contribution in [-0.4, -0.2) is 4.98 Å². The molecule has 0 radical (unpaired) electrons. The summed E-state index contributed by atoms with van der Waals surface area (Å²) in [6.45, 7) is 4.07. The summed E-state index contributed by atoms with van der Waals surface area (Å²) in [4.78, 5) is 5.30. The molecule has 1 aromatic rings. The quantitative estimate of drug-likeness (QED) is 0.630. The maximum absolute atomic E-state index is 5.97. The number of halogens is 1. The van der Waals surface area contributed by atoms with Crippen LogP contribution in [0.4, 0.5) is 0 Å². The third-order valence-electron chi connectivity index (χ3n) is 1.31. The monoisotopic (exact) mass is 175 g/mol. The highest BCUT2D eigenvalue weighted by molar-refractivity contribution is 7.11. The SMILES string of the molecule is CCC(Cl)c1cnc(C)s1. The number of hydrogen-bond donors (Lipinski definition) is 0. The molecule has 10 heavy (non-hydrogen) atoms. The van der Waals surface area contributed by atoms with Gasteiger partial charge in [0.25, 0.3) is 0 Å². The van der Waals surface area contributed by atoms with Crippen LogP contribution in [0.3, 0.4) is 0 Å². The molecule has 1 heterocycles. The van der Waals surface area contributed by atoms with Crippen molar-refractivity contribution in [3.8, 4) is 0 Å². The van der Waals surface area contributed by atoms with E-state index in [0.29, 0.717) is 0 Å². The fraction of sp³-hybridized carbons (Fsp3) is 0.571. The predicted octanol–water partition coefficient (Wildman–Crippen LogP) is 3.14. The van der Waals surface area contributed by atoms with Crippen molar-refractivity contribution >= 4 is 22.9 Å². The average molecular weight is 176 g/mol. The third kappa shape index (κ3) is 1.70. The Morgan fingerprint density at radius 1 is 1.80 bits per heavy atom. The molecule has 1 rings (SSSR count). The molecular weight excluding hydrogens is 166 g/mol. The highest BCUT2D eigenvalue weighted by Gasteiger charge is 2.06. The zero-order valence-electron chi connectivity index (χ0n) is 6.10. The van der Waals surface area contributed by atoms with E-state index in [9.17, 15) is 0 Å². The molecule has 0 bridgehead atoms. The lowest BCUT2D eigenvalue weighted by Gasteiger charge is -1.98. The van der Waals surface area contributed by atoms with Crippen LogP contribution in [0, 0.1) is 6.92 Å². The molecule has 0 saturated carbocycles. The van der Waals surface area contributed by atoms with Crippen LogP contribution in [-0.2, 0) is 0 Å². The van der Waals surface area contributed by atoms with Crippen LogP contribution in [0.1, 0.15) is 28.6 Å². The van der Waals surface area contributed by atoms with E-state index >= 15 is 0 Å². The van der Waals surface area contributed by atoms with E-state index < -0.39 is 0 Å². The fourth-order valence-electron chi connectivity index (χ4n) is 0.724. The van der Waals surface area contributed by atoms with Crippen molar-refractivity contribution in [2.75, 3.05) is 0 Å². The highest BCUT2D eigenvalue weighted by Crippen LogP contribution is 2.27. The Bertz CT molecular complexity index is 209. The van der Waals surface area contributed by atoms with E-state index in [4.69, 9.17) is 11.6 Å². The molecule has 0 spiro atoms. The molecule has 1 atom stereocenters. The molecular formula is C7H10ClNS. The number of aryl methyl sites for hydroxylation is 1. The largest absolute Gasteiger partial charge is 0.250 e. The highest BCUT2D eigenvalue weighted by atomic mass is 35.5. The Morgan fingerprint density at radius 3 is 2.90 bits per heavy atom. The van der Waals surface area contributed by atoms with Gasteiger partial charge in [-0.05, 0) is 13.3 Å². The summed E-state index contributed by atoms with van der Waals surface area (Å²) in [7, 11) is 0. The van der Waals surface area contributed by atoms with E-state index in [0.717, 1.165) is 11.4 Å². The molecule has 1 nitrogen and oxygen atoms in total. The van der Waals surface area contributed by atoms with Gasteiger partial charge in [-0.1, -0.05) is 6.92 Å². The van der Waals surface area contributed by atoms with Crippen molar-refractivity contribution in [2.24, 2.45) is 0 Å². The Morgan fingerprint density at radius 2 is 2.50 bits per heavy atom. The zero-order valence-corrected chi connectivity index (χ0v) is 7.67. The third-order valence-corrected chi connectivity index (χ3v) is 3.01. The van der Waals surface area contributed by atoms with Crippen LogP contribution in [0.15, 0.2) is 6.20 Å². The normalized spacial score (nSPS) is 13.5. The summed E-state index contributed by atoms with van der Waals surface area (Å²) < 4.78 is 0. The van der Waals surface area contributed by atoms with Gasteiger partial charge in [0.05, 0.1) is 10.4 Å². The van der Waals surface area contributed by atoms with Gasteiger partial charge in [-0.2, -0.15) is 0 Å². The number of hydrogen-bond acceptors (Lipinski definition) is 2. The van der Waals surface area contributed by atoms with Gasteiger partial charge in [-0.25, -0.2) is 4.98 Å². The summed E-state index contributed by atoms with van der Waals surface area (Å²) >= 11 is 7.65. The van der Waals surface area contributed by atoms with Crippen molar-refractivity contribution in [2.45, 2.75) is 25.6 Å². The second-order valence-corrected chi connectivity index (χ2v) is 3.95. The topological polar surface area (TPSA) is 12.9 Å². The van der Waals surface area contributed by atoms with Crippen LogP contribution in [0.25, 0.3) is 0 Å². The standard InChI is InChI=1S/C7H10ClNS/c1-3-6(8)7-4-9-5(2)10-7/h4,6H,3H2,1-2H3. The minimum atomic E-state index is 0.159. The molecule has 1 unspecified atom stereocenters. The summed E-state index contributed by atoms with van der Waals surface area (Å²) in [5.41, 5.74) is 0. The van der Waals surface area contributed by atoms with Crippen LogP contribution in [0.2, 0.25) is 0 Å². The summed E-state index contributed by atoms with van der Waals surface area (Å²) in [5, 5.41) is 1.25. The molecule has 3 heteroatoms. The van der Waals surface area contributed by atoms with Gasteiger partial charge in [0, 0.05) is 11.1 Å². The summed E-state index contributed by atoms with van der Waals surface area (Å²) in [6.07, 6.45) is 2.84. The van der Waals surface area contributed by atoms with E-state index in [1.807, 2.05) is 13.1 Å². The van der Waals surface area contributed by atoms with E-state index in [-0.39, 0.29) is 5.38 Å². The first kappa shape index (κ1) is 8.02. The predicted molar refractivity (Wildman–Crippen MR) is 45.7 cm³/mol. The van der Waals surface area contributed by atoms with Gasteiger partial charge in [0.15, 0.2) is 0 Å². The van der Waals surface area contributed by atoms with Crippen LogP contribution in [0.5, 0.6) is 0 Å². The van der Waals surface area contributed by atoms with Gasteiger partial charge < -0.3 is 0 Å². The smallest absolute Gasteiger partial charge is 0.0897 e. The number of alkyl halides is 1. The van der Waals surface area contributed by atoms with Crippen molar-refractivity contribution in [3.63, 3.8) is 0 Å². The average Bonchev–Trinajstić information content (AvgIpc) is 2.34. The molecule has 0 aliphatic heterocycles. The molecule has 0 aromatic carbocycles. The molecule has 0 aliphatic carbocycles. The molecule has 0 aliphatic rings. The van der Waals surface area contributed by atoms with Gasteiger partial charge in [0.2, 0.25) is 0 Å². The van der Waals surface area contributed by atoms with Crippen molar-refractivity contribution in [1.29, 1.82) is 0 Å². The Balaban J connectivity index is 2.74. The second-order valence-electron chi connectivity index (χ2n) is 2.16. The first-order valence-corrected chi connectivity index (χ1v) is 4.55. The van der Waals surface area contributed by atoms with Gasteiger partial charge in [-0.15, -0.1) is 22.9 Å². The Labute approximate surface area is 70.1 Å². The van der Waals surface area contributed by atoms with Crippen molar-refractivity contribution in [1.82, 2.24) is 4.98 Å². The second kappa shape index (κ2) is 3.35. The van der Waals surface area contributed by atoms with Gasteiger partial charge >= 0.3 is 0 Å². The lowest BCUT2D eigenvalue weighted by molar-refractivity contribution is 0.898. The number of aromatic nitrogens is 1. The Kier molecular flexibility index (Phi) is 2.69. The first-order valence-electron chi connectivity index (χ1n) is 3.30. The molecule has 0 amide bonds. The van der Waals surface area contributed by atoms with Crippen LogP contribution >= 0.6 is 22.9 Å². The van der Waals surface area contributed by atoms with E-state index in [2.05, 4.69) is 11.9 Å². The van der Waals surface area contributed by atoms with Crippen molar-refractivity contribution < 1.29 is 0 Å². The fourth-order valence-corrected chi connectivity index (χ4v) is 1.76. The number of thiazole rings is 1. The number of rotatable bonds is 2. The molecule has 0 saturated heterocycles. The molecule has 1 aromatic heterocycles. The maximum atomic E-state index is 5.97.